The molecule has 0 fully saturated rings. The lowest BCUT2D eigenvalue weighted by Crippen LogP contribution is -2.12. The molecule has 0 aliphatic heterocycles. The molecule has 2 heterocycles. The van der Waals surface area contributed by atoms with Crippen LogP contribution in [0.3, 0.4) is 0 Å². The average Bonchev–Trinajstić information content (AvgIpc) is 2.73. The van der Waals surface area contributed by atoms with Crippen molar-refractivity contribution in [2.45, 2.75) is 6.18 Å². The summed E-state index contributed by atoms with van der Waals surface area (Å²) in [4.78, 5) is 12.9. The summed E-state index contributed by atoms with van der Waals surface area (Å²) in [7, 11) is 1.53. The van der Waals surface area contributed by atoms with Crippen LogP contribution in [0.2, 0.25) is 0 Å². The summed E-state index contributed by atoms with van der Waals surface area (Å²) in [5.74, 6) is 0.393. The van der Waals surface area contributed by atoms with Gasteiger partial charge < -0.3 is 10.1 Å². The number of hydrogen-bond acceptors (Lipinski definition) is 6. The van der Waals surface area contributed by atoms with Gasteiger partial charge in [0.25, 0.3) is 0 Å². The fraction of sp³-hybridized carbons (Fsp3) is 0.200. The third-order valence-corrected chi connectivity index (χ3v) is 3.98. The second-order valence-electron chi connectivity index (χ2n) is 5.94. The highest BCUT2D eigenvalue weighted by atomic mass is 19.4. The molecule has 1 aromatic carbocycles. The molecule has 0 bridgehead atoms. The Balaban J connectivity index is 2.19. The summed E-state index contributed by atoms with van der Waals surface area (Å²) >= 11 is 0. The van der Waals surface area contributed by atoms with Gasteiger partial charge in [0.15, 0.2) is 5.82 Å². The number of halogens is 3. The van der Waals surface area contributed by atoms with E-state index in [0.29, 0.717) is 18.8 Å². The van der Waals surface area contributed by atoms with E-state index in [1.54, 1.807) is 24.4 Å². The zero-order valence-corrected chi connectivity index (χ0v) is 15.4. The van der Waals surface area contributed by atoms with E-state index in [9.17, 15) is 18.4 Å². The summed E-state index contributed by atoms with van der Waals surface area (Å²) in [6.07, 6.45) is -2.96. The van der Waals surface area contributed by atoms with E-state index >= 15 is 0 Å². The molecule has 0 saturated heterocycles. The first-order chi connectivity index (χ1) is 13.9. The second kappa shape index (κ2) is 8.67. The van der Waals surface area contributed by atoms with E-state index in [1.165, 1.54) is 19.2 Å². The number of aromatic nitrogens is 3. The minimum Gasteiger partial charge on any atom is -0.383 e. The number of methoxy groups -OCH3 is 1. The maximum absolute atomic E-state index is 13.2. The van der Waals surface area contributed by atoms with Crippen molar-refractivity contribution in [3.63, 3.8) is 0 Å². The first-order valence-electron chi connectivity index (χ1n) is 8.58. The Labute approximate surface area is 165 Å². The Morgan fingerprint density at radius 1 is 1.14 bits per heavy atom. The number of nitrogens with zero attached hydrogens (tertiary/aromatic N) is 4. The van der Waals surface area contributed by atoms with Gasteiger partial charge in [0.2, 0.25) is 0 Å². The van der Waals surface area contributed by atoms with Crippen molar-refractivity contribution in [1.29, 1.82) is 5.26 Å². The maximum Gasteiger partial charge on any atom is 0.416 e. The van der Waals surface area contributed by atoms with Crippen LogP contribution < -0.4 is 5.32 Å². The summed E-state index contributed by atoms with van der Waals surface area (Å²) in [6, 6.07) is 11.8. The predicted molar refractivity (Wildman–Crippen MR) is 101 cm³/mol. The molecule has 148 valence electrons. The molecule has 0 unspecified atom stereocenters. The van der Waals surface area contributed by atoms with Crippen LogP contribution in [-0.4, -0.2) is 35.2 Å². The molecule has 1 N–H and O–H groups in total. The zero-order valence-electron chi connectivity index (χ0n) is 15.4. The fourth-order valence-corrected chi connectivity index (χ4v) is 2.63. The number of hydrogen-bond donors (Lipinski definition) is 1. The first-order valence-corrected chi connectivity index (χ1v) is 8.58. The van der Waals surface area contributed by atoms with Crippen molar-refractivity contribution in [3.05, 3.63) is 59.8 Å². The van der Waals surface area contributed by atoms with Crippen LogP contribution in [0, 0.1) is 11.3 Å². The molecule has 2 aromatic heterocycles. The lowest BCUT2D eigenvalue weighted by molar-refractivity contribution is -0.137. The number of nitriles is 1. The SMILES string of the molecule is COCCNc1nc(-c2ccccn2)nc(-c2cccc(C(F)(F)F)c2)c1C#N. The lowest BCUT2D eigenvalue weighted by atomic mass is 10.0. The number of rotatable bonds is 6. The van der Waals surface area contributed by atoms with Gasteiger partial charge in [0.1, 0.15) is 23.1 Å². The molecular weight excluding hydrogens is 383 g/mol. The van der Waals surface area contributed by atoms with Crippen LogP contribution in [0.15, 0.2) is 48.7 Å². The molecule has 29 heavy (non-hydrogen) atoms. The standard InChI is InChI=1S/C20H16F3N5O/c1-29-10-9-26-18-15(12-24)17(13-5-4-6-14(11-13)20(21,22)23)27-19(28-18)16-7-2-3-8-25-16/h2-8,11H,9-10H2,1H3,(H,26,27,28). The van der Waals surface area contributed by atoms with Crippen molar-refractivity contribution in [3.8, 4) is 28.8 Å². The van der Waals surface area contributed by atoms with Gasteiger partial charge in [0.05, 0.1) is 17.9 Å². The van der Waals surface area contributed by atoms with Crippen LogP contribution in [0.1, 0.15) is 11.1 Å². The predicted octanol–water partition coefficient (Wildman–Crippen LogP) is 4.15. The van der Waals surface area contributed by atoms with Crippen molar-refractivity contribution in [2.75, 3.05) is 25.6 Å². The fourth-order valence-electron chi connectivity index (χ4n) is 2.63. The van der Waals surface area contributed by atoms with E-state index in [0.717, 1.165) is 12.1 Å². The van der Waals surface area contributed by atoms with Gasteiger partial charge >= 0.3 is 6.18 Å². The largest absolute Gasteiger partial charge is 0.416 e. The summed E-state index contributed by atoms with van der Waals surface area (Å²) < 4.78 is 44.5. The molecule has 0 spiro atoms. The number of nitrogens with one attached hydrogen (secondary N) is 1. The molecule has 9 heteroatoms. The summed E-state index contributed by atoms with van der Waals surface area (Å²) in [5.41, 5.74) is -0.106. The summed E-state index contributed by atoms with van der Waals surface area (Å²) in [5, 5.41) is 12.7. The normalized spacial score (nSPS) is 11.1. The monoisotopic (exact) mass is 399 g/mol. The number of benzene rings is 1. The zero-order chi connectivity index (χ0) is 20.9. The molecule has 6 nitrogen and oxygen atoms in total. The second-order valence-corrected chi connectivity index (χ2v) is 5.94. The number of ether oxygens (including phenoxy) is 1. The highest BCUT2D eigenvalue weighted by Crippen LogP contribution is 2.34. The molecule has 0 amide bonds. The van der Waals surface area contributed by atoms with Crippen LogP contribution in [0.4, 0.5) is 19.0 Å². The molecule has 0 aliphatic rings. The van der Waals surface area contributed by atoms with Gasteiger partial charge in [-0.05, 0) is 24.3 Å². The van der Waals surface area contributed by atoms with Crippen LogP contribution in [0.25, 0.3) is 22.8 Å². The minimum atomic E-state index is -4.51. The van der Waals surface area contributed by atoms with Gasteiger partial charge in [-0.2, -0.15) is 18.4 Å². The highest BCUT2D eigenvalue weighted by molar-refractivity contribution is 5.75. The molecule has 0 radical (unpaired) electrons. The van der Waals surface area contributed by atoms with E-state index in [4.69, 9.17) is 4.74 Å². The summed E-state index contributed by atoms with van der Waals surface area (Å²) in [6.45, 7) is 0.707. The van der Waals surface area contributed by atoms with Gasteiger partial charge in [-0.25, -0.2) is 9.97 Å². The Bertz CT molecular complexity index is 1030. The Kier molecular flexibility index (Phi) is 6.04. The lowest BCUT2D eigenvalue weighted by Gasteiger charge is -2.14. The molecule has 0 atom stereocenters. The number of pyridine rings is 1. The van der Waals surface area contributed by atoms with Crippen LogP contribution >= 0.6 is 0 Å². The Morgan fingerprint density at radius 3 is 2.62 bits per heavy atom. The quantitative estimate of drug-likeness (QED) is 0.627. The Morgan fingerprint density at radius 2 is 1.97 bits per heavy atom. The molecule has 3 rings (SSSR count). The molecular formula is C20H16F3N5O. The first kappa shape index (κ1) is 20.2. The van der Waals surface area contributed by atoms with Crippen LogP contribution in [0.5, 0.6) is 0 Å². The van der Waals surface area contributed by atoms with Crippen molar-refractivity contribution in [1.82, 2.24) is 15.0 Å². The third-order valence-electron chi connectivity index (χ3n) is 3.98. The van der Waals surface area contributed by atoms with Gasteiger partial charge in [-0.15, -0.1) is 0 Å². The third kappa shape index (κ3) is 4.67. The molecule has 3 aromatic rings. The number of anilines is 1. The van der Waals surface area contributed by atoms with Crippen molar-refractivity contribution < 1.29 is 17.9 Å². The van der Waals surface area contributed by atoms with Crippen molar-refractivity contribution >= 4 is 5.82 Å². The average molecular weight is 399 g/mol. The van der Waals surface area contributed by atoms with Gasteiger partial charge in [-0.3, -0.25) is 4.98 Å². The van der Waals surface area contributed by atoms with E-state index in [1.807, 2.05) is 6.07 Å². The number of alkyl halides is 3. The van der Waals surface area contributed by atoms with Gasteiger partial charge in [0, 0.05) is 25.4 Å². The smallest absolute Gasteiger partial charge is 0.383 e. The topological polar surface area (TPSA) is 83.7 Å². The Hall–Kier alpha value is -3.51. The van der Waals surface area contributed by atoms with E-state index < -0.39 is 11.7 Å². The molecule has 0 saturated carbocycles. The van der Waals surface area contributed by atoms with E-state index in [2.05, 4.69) is 20.3 Å². The van der Waals surface area contributed by atoms with E-state index in [-0.39, 0.29) is 28.5 Å². The minimum absolute atomic E-state index is 0.0418. The van der Waals surface area contributed by atoms with Crippen molar-refractivity contribution in [2.24, 2.45) is 0 Å². The van der Waals surface area contributed by atoms with Crippen LogP contribution in [-0.2, 0) is 10.9 Å². The molecule has 0 aliphatic carbocycles. The highest BCUT2D eigenvalue weighted by Gasteiger charge is 2.31. The van der Waals surface area contributed by atoms with Gasteiger partial charge in [-0.1, -0.05) is 18.2 Å². The maximum atomic E-state index is 13.2.